The average molecular weight is 235 g/mol. The maximum Gasteiger partial charge on any atom is 0.311 e. The Morgan fingerprint density at radius 1 is 1.59 bits per heavy atom. The van der Waals surface area contributed by atoms with E-state index in [9.17, 15) is 14.9 Å². The predicted molar refractivity (Wildman–Crippen MR) is 58.5 cm³/mol. The Balaban J connectivity index is 2.46. The van der Waals surface area contributed by atoms with E-state index < -0.39 is 10.9 Å². The molecule has 0 spiro atoms. The minimum atomic E-state index is -0.492. The van der Waals surface area contributed by atoms with Crippen LogP contribution in [-0.4, -0.2) is 28.2 Å². The van der Waals surface area contributed by atoms with E-state index in [0.29, 0.717) is 16.6 Å². The zero-order valence-corrected chi connectivity index (χ0v) is 8.97. The van der Waals surface area contributed by atoms with E-state index in [0.717, 1.165) is 0 Å². The second-order valence-corrected chi connectivity index (χ2v) is 3.41. The lowest BCUT2D eigenvalue weighted by Crippen LogP contribution is -2.05. The second-order valence-electron chi connectivity index (χ2n) is 3.41. The van der Waals surface area contributed by atoms with Gasteiger partial charge in [0.05, 0.1) is 29.7 Å². The third kappa shape index (κ3) is 2.07. The Bertz CT molecular complexity index is 590. The first-order chi connectivity index (χ1) is 8.11. The fourth-order valence-electron chi connectivity index (χ4n) is 1.51. The van der Waals surface area contributed by atoms with Gasteiger partial charge < -0.3 is 4.74 Å². The molecule has 0 unspecified atom stereocenters. The molecule has 1 heterocycles. The van der Waals surface area contributed by atoms with Gasteiger partial charge in [-0.05, 0) is 6.07 Å². The van der Waals surface area contributed by atoms with Crippen molar-refractivity contribution >= 4 is 22.6 Å². The summed E-state index contributed by atoms with van der Waals surface area (Å²) in [6.07, 6.45) is -0.0162. The molecule has 1 N–H and O–H groups in total. The topological polar surface area (TPSA) is 98.1 Å². The molecule has 0 saturated carbocycles. The Morgan fingerprint density at radius 3 is 3.00 bits per heavy atom. The summed E-state index contributed by atoms with van der Waals surface area (Å²) in [4.78, 5) is 21.3. The number of nitrogens with one attached hydrogen (secondary N) is 1. The third-order valence-electron chi connectivity index (χ3n) is 2.38. The highest BCUT2D eigenvalue weighted by Gasteiger charge is 2.14. The van der Waals surface area contributed by atoms with Crippen molar-refractivity contribution in [2.45, 2.75) is 6.42 Å². The molecule has 17 heavy (non-hydrogen) atoms. The molecule has 0 aliphatic carbocycles. The number of nitro benzene ring substituents is 1. The molecule has 0 aliphatic heterocycles. The van der Waals surface area contributed by atoms with E-state index in [1.54, 1.807) is 6.07 Å². The molecule has 0 saturated heterocycles. The number of ether oxygens (including phenoxy) is 1. The molecule has 0 amide bonds. The molecule has 2 rings (SSSR count). The number of fused-ring (bicyclic) bond motifs is 1. The van der Waals surface area contributed by atoms with Crippen LogP contribution in [0.3, 0.4) is 0 Å². The Morgan fingerprint density at radius 2 is 2.35 bits per heavy atom. The van der Waals surface area contributed by atoms with Crippen LogP contribution in [-0.2, 0) is 16.0 Å². The van der Waals surface area contributed by atoms with Gasteiger partial charge in [-0.25, -0.2) is 0 Å². The lowest BCUT2D eigenvalue weighted by Gasteiger charge is -1.96. The number of rotatable bonds is 3. The Hall–Kier alpha value is -2.44. The van der Waals surface area contributed by atoms with Crippen molar-refractivity contribution in [3.8, 4) is 0 Å². The van der Waals surface area contributed by atoms with Gasteiger partial charge in [0.25, 0.3) is 5.69 Å². The van der Waals surface area contributed by atoms with Gasteiger partial charge in [0.2, 0.25) is 0 Å². The van der Waals surface area contributed by atoms with Crippen molar-refractivity contribution in [2.24, 2.45) is 0 Å². The van der Waals surface area contributed by atoms with Crippen LogP contribution in [0, 0.1) is 10.1 Å². The zero-order valence-electron chi connectivity index (χ0n) is 8.97. The SMILES string of the molecule is COC(=O)Cc1n[nH]c2ccc([N+](=O)[O-])cc12. The maximum absolute atomic E-state index is 11.1. The molecular formula is C10H9N3O4. The van der Waals surface area contributed by atoms with Gasteiger partial charge in [-0.1, -0.05) is 0 Å². The van der Waals surface area contributed by atoms with Gasteiger partial charge in [0.15, 0.2) is 0 Å². The highest BCUT2D eigenvalue weighted by atomic mass is 16.6. The van der Waals surface area contributed by atoms with Crippen LogP contribution in [0.4, 0.5) is 5.69 Å². The number of esters is 1. The number of hydrogen-bond donors (Lipinski definition) is 1. The fourth-order valence-corrected chi connectivity index (χ4v) is 1.51. The first kappa shape index (κ1) is 11.1. The number of aromatic amines is 1. The standard InChI is InChI=1S/C10H9N3O4/c1-17-10(14)5-9-7-4-6(13(15)16)2-3-8(7)11-12-9/h2-4H,5H2,1H3,(H,11,12). The van der Waals surface area contributed by atoms with E-state index in [4.69, 9.17) is 0 Å². The summed E-state index contributed by atoms with van der Waals surface area (Å²) in [6, 6.07) is 4.32. The van der Waals surface area contributed by atoms with Crippen molar-refractivity contribution in [1.82, 2.24) is 10.2 Å². The van der Waals surface area contributed by atoms with Gasteiger partial charge in [-0.15, -0.1) is 0 Å². The second kappa shape index (κ2) is 4.20. The normalized spacial score (nSPS) is 10.4. The molecule has 0 radical (unpaired) electrons. The van der Waals surface area contributed by atoms with Crippen LogP contribution in [0.15, 0.2) is 18.2 Å². The number of non-ortho nitro benzene ring substituents is 1. The van der Waals surface area contributed by atoms with Crippen molar-refractivity contribution in [2.75, 3.05) is 7.11 Å². The molecular weight excluding hydrogens is 226 g/mol. The van der Waals surface area contributed by atoms with Gasteiger partial charge in [-0.3, -0.25) is 20.0 Å². The van der Waals surface area contributed by atoms with Crippen molar-refractivity contribution in [1.29, 1.82) is 0 Å². The minimum Gasteiger partial charge on any atom is -0.469 e. The van der Waals surface area contributed by atoms with E-state index in [1.165, 1.54) is 19.2 Å². The first-order valence-corrected chi connectivity index (χ1v) is 4.80. The van der Waals surface area contributed by atoms with Gasteiger partial charge in [0, 0.05) is 17.5 Å². The lowest BCUT2D eigenvalue weighted by atomic mass is 10.1. The van der Waals surface area contributed by atoms with Crippen LogP contribution in [0.1, 0.15) is 5.69 Å². The number of nitro groups is 1. The highest BCUT2D eigenvalue weighted by Crippen LogP contribution is 2.22. The number of H-pyrrole nitrogens is 1. The molecule has 0 aliphatic rings. The van der Waals surface area contributed by atoms with Gasteiger partial charge in [0.1, 0.15) is 0 Å². The fraction of sp³-hybridized carbons (Fsp3) is 0.200. The molecule has 0 fully saturated rings. The highest BCUT2D eigenvalue weighted by molar-refractivity contribution is 5.87. The molecule has 2 aromatic rings. The van der Waals surface area contributed by atoms with Crippen molar-refractivity contribution in [3.05, 3.63) is 34.0 Å². The summed E-state index contributed by atoms with van der Waals surface area (Å²) in [5, 5.41) is 17.8. The van der Waals surface area contributed by atoms with E-state index >= 15 is 0 Å². The number of carbonyl (C=O) groups is 1. The summed E-state index contributed by atoms with van der Waals surface area (Å²) in [6.45, 7) is 0. The summed E-state index contributed by atoms with van der Waals surface area (Å²) < 4.78 is 4.52. The van der Waals surface area contributed by atoms with Gasteiger partial charge >= 0.3 is 5.97 Å². The summed E-state index contributed by atoms with van der Waals surface area (Å²) in [5.41, 5.74) is 1.05. The van der Waals surface area contributed by atoms with E-state index in [1.807, 2.05) is 0 Å². The molecule has 7 nitrogen and oxygen atoms in total. The molecule has 0 atom stereocenters. The van der Waals surface area contributed by atoms with Crippen molar-refractivity contribution < 1.29 is 14.5 Å². The average Bonchev–Trinajstić information content (AvgIpc) is 2.71. The molecule has 1 aromatic heterocycles. The molecule has 0 bridgehead atoms. The third-order valence-corrected chi connectivity index (χ3v) is 2.38. The molecule has 88 valence electrons. The van der Waals surface area contributed by atoms with E-state index in [-0.39, 0.29) is 12.1 Å². The van der Waals surface area contributed by atoms with E-state index in [2.05, 4.69) is 14.9 Å². The first-order valence-electron chi connectivity index (χ1n) is 4.80. The van der Waals surface area contributed by atoms with Crippen LogP contribution in [0.5, 0.6) is 0 Å². The van der Waals surface area contributed by atoms with Crippen molar-refractivity contribution in [3.63, 3.8) is 0 Å². The van der Waals surface area contributed by atoms with Crippen LogP contribution < -0.4 is 0 Å². The molecule has 1 aromatic carbocycles. The summed E-state index contributed by atoms with van der Waals surface area (Å²) in [5.74, 6) is -0.440. The summed E-state index contributed by atoms with van der Waals surface area (Å²) in [7, 11) is 1.28. The largest absolute Gasteiger partial charge is 0.469 e. The van der Waals surface area contributed by atoms with Crippen LogP contribution in [0.2, 0.25) is 0 Å². The number of nitrogens with zero attached hydrogens (tertiary/aromatic N) is 2. The van der Waals surface area contributed by atoms with Gasteiger partial charge in [-0.2, -0.15) is 5.10 Å². The monoisotopic (exact) mass is 235 g/mol. The minimum absolute atomic E-state index is 0.0162. The number of carbonyl (C=O) groups excluding carboxylic acids is 1. The quantitative estimate of drug-likeness (QED) is 0.489. The maximum atomic E-state index is 11.1. The number of benzene rings is 1. The zero-order chi connectivity index (χ0) is 12.4. The summed E-state index contributed by atoms with van der Waals surface area (Å²) >= 11 is 0. The number of aromatic nitrogens is 2. The predicted octanol–water partition coefficient (Wildman–Crippen LogP) is 1.19. The Kier molecular flexibility index (Phi) is 2.73. The van der Waals surface area contributed by atoms with Crippen LogP contribution >= 0.6 is 0 Å². The van der Waals surface area contributed by atoms with Crippen LogP contribution in [0.25, 0.3) is 10.9 Å². The molecule has 7 heteroatoms. The lowest BCUT2D eigenvalue weighted by molar-refractivity contribution is -0.384. The Labute approximate surface area is 95.5 Å². The number of methoxy groups -OCH3 is 1. The number of hydrogen-bond acceptors (Lipinski definition) is 5. The smallest absolute Gasteiger partial charge is 0.311 e.